The third kappa shape index (κ3) is 5.04. The zero-order valence-electron chi connectivity index (χ0n) is 19.1. The first-order chi connectivity index (χ1) is 17.1. The highest BCUT2D eigenvalue weighted by atomic mass is 35.5. The van der Waals surface area contributed by atoms with E-state index in [4.69, 9.17) is 28.9 Å². The van der Waals surface area contributed by atoms with Crippen LogP contribution in [-0.2, 0) is 4.79 Å². The van der Waals surface area contributed by atoms with Gasteiger partial charge in [0.05, 0.1) is 16.9 Å². The molecule has 2 saturated carbocycles. The number of nitrogens with zero attached hydrogens (tertiary/aromatic N) is 4. The van der Waals surface area contributed by atoms with Gasteiger partial charge < -0.3 is 16.4 Å². The number of aromatic nitrogens is 4. The van der Waals surface area contributed by atoms with Gasteiger partial charge in [0.1, 0.15) is 11.3 Å². The van der Waals surface area contributed by atoms with E-state index in [1.807, 2.05) is 4.57 Å². The third-order valence-electron chi connectivity index (χ3n) is 6.88. The molecule has 1 aromatic carbocycles. The number of rotatable bonds is 6. The van der Waals surface area contributed by atoms with Crippen LogP contribution in [0.2, 0.25) is 10.0 Å². The number of nitrogens with one attached hydrogen (secondary N) is 2. The Bertz CT molecular complexity index is 1290. The normalized spacial score (nSPS) is 23.6. The minimum Gasteiger partial charge on any atom is -0.369 e. The zero-order chi connectivity index (χ0) is 25.6. The van der Waals surface area contributed by atoms with Crippen LogP contribution in [0.5, 0.6) is 0 Å². The van der Waals surface area contributed by atoms with Crippen LogP contribution in [0.15, 0.2) is 18.3 Å². The number of benzene rings is 1. The topological polar surface area (TPSA) is 111 Å². The number of hydrogen-bond acceptors (Lipinski definition) is 6. The Morgan fingerprint density at radius 1 is 1.14 bits per heavy atom. The van der Waals surface area contributed by atoms with Crippen LogP contribution >= 0.6 is 23.2 Å². The van der Waals surface area contributed by atoms with Gasteiger partial charge in [-0.05, 0) is 44.2 Å². The lowest BCUT2D eigenvalue weighted by Gasteiger charge is -2.29. The number of fused-ring (bicyclic) bond motifs is 1. The highest BCUT2D eigenvalue weighted by Gasteiger charge is 2.39. The predicted molar refractivity (Wildman–Crippen MR) is 131 cm³/mol. The van der Waals surface area contributed by atoms with Gasteiger partial charge in [-0.15, -0.1) is 0 Å². The summed E-state index contributed by atoms with van der Waals surface area (Å²) in [4.78, 5) is 25.1. The van der Waals surface area contributed by atoms with Crippen molar-refractivity contribution in [3.8, 4) is 0 Å². The molecule has 0 bridgehead atoms. The molecule has 0 unspecified atom stereocenters. The molecular weight excluding hydrogens is 518 g/mol. The van der Waals surface area contributed by atoms with Crippen molar-refractivity contribution in [2.45, 2.75) is 63.0 Å². The fourth-order valence-corrected chi connectivity index (χ4v) is 5.56. The molecule has 0 saturated heterocycles. The Balaban J connectivity index is 1.52. The highest BCUT2D eigenvalue weighted by Crippen LogP contribution is 2.39. The quantitative estimate of drug-likeness (QED) is 0.362. The summed E-state index contributed by atoms with van der Waals surface area (Å²) in [6, 6.07) is 1.99. The van der Waals surface area contributed by atoms with Gasteiger partial charge in [0.2, 0.25) is 23.7 Å². The number of imidazole rings is 1. The molecule has 4 N–H and O–H groups in total. The molecule has 2 aromatic heterocycles. The van der Waals surface area contributed by atoms with Crippen LogP contribution in [-0.4, -0.2) is 37.4 Å². The molecule has 0 spiro atoms. The Hall–Kier alpha value is -2.79. The van der Waals surface area contributed by atoms with E-state index in [0.29, 0.717) is 43.3 Å². The lowest BCUT2D eigenvalue weighted by molar-refractivity contribution is -0.122. The first-order valence-corrected chi connectivity index (χ1v) is 12.5. The van der Waals surface area contributed by atoms with Gasteiger partial charge in [-0.1, -0.05) is 23.2 Å². The Morgan fingerprint density at radius 2 is 1.89 bits per heavy atom. The van der Waals surface area contributed by atoms with E-state index in [9.17, 15) is 18.0 Å². The molecule has 2 aliphatic rings. The molecular formula is C23H24Cl2F3N7O. The molecule has 1 amide bonds. The van der Waals surface area contributed by atoms with Crippen LogP contribution in [0, 0.1) is 11.7 Å². The fourth-order valence-electron chi connectivity index (χ4n) is 5.04. The molecule has 2 fully saturated rings. The largest absolute Gasteiger partial charge is 0.369 e. The van der Waals surface area contributed by atoms with Crippen molar-refractivity contribution in [2.75, 3.05) is 10.6 Å². The highest BCUT2D eigenvalue weighted by molar-refractivity contribution is 6.36. The number of carbonyl (C=O) groups is 1. The molecule has 1 atom stereocenters. The van der Waals surface area contributed by atoms with Crippen molar-refractivity contribution in [3.63, 3.8) is 0 Å². The number of primary amides is 1. The van der Waals surface area contributed by atoms with Crippen molar-refractivity contribution < 1.29 is 18.0 Å². The van der Waals surface area contributed by atoms with Crippen molar-refractivity contribution in [2.24, 2.45) is 11.7 Å². The van der Waals surface area contributed by atoms with E-state index in [1.165, 1.54) is 12.3 Å². The molecule has 5 rings (SSSR count). The second-order valence-electron chi connectivity index (χ2n) is 9.43. The van der Waals surface area contributed by atoms with Crippen molar-refractivity contribution in [1.82, 2.24) is 19.5 Å². The average Bonchev–Trinajstić information content (AvgIpc) is 3.34. The molecule has 3 aromatic rings. The summed E-state index contributed by atoms with van der Waals surface area (Å²) in [7, 11) is 0. The third-order valence-corrected chi connectivity index (χ3v) is 7.39. The number of carbonyl (C=O) groups excluding carboxylic acids is 1. The van der Waals surface area contributed by atoms with Crippen LogP contribution in [0.1, 0.15) is 51.0 Å². The predicted octanol–water partition coefficient (Wildman–Crippen LogP) is 5.83. The lowest BCUT2D eigenvalue weighted by Crippen LogP contribution is -2.29. The molecule has 192 valence electrons. The fraction of sp³-hybridized carbons (Fsp3) is 0.478. The maximum Gasteiger partial charge on any atom is 0.250 e. The summed E-state index contributed by atoms with van der Waals surface area (Å²) in [6.45, 7) is 0. The Kier molecular flexibility index (Phi) is 6.63. The molecule has 2 heterocycles. The number of anilines is 3. The summed E-state index contributed by atoms with van der Waals surface area (Å²) < 4.78 is 43.8. The van der Waals surface area contributed by atoms with Gasteiger partial charge in [0.25, 0.3) is 0 Å². The van der Waals surface area contributed by atoms with E-state index < -0.39 is 17.8 Å². The summed E-state index contributed by atoms with van der Waals surface area (Å²) >= 11 is 12.1. The minimum atomic E-state index is -2.71. The van der Waals surface area contributed by atoms with Crippen LogP contribution in [0.3, 0.4) is 0 Å². The second kappa shape index (κ2) is 9.59. The molecule has 2 aliphatic carbocycles. The number of alkyl halides is 2. The van der Waals surface area contributed by atoms with E-state index in [2.05, 4.69) is 25.6 Å². The summed E-state index contributed by atoms with van der Waals surface area (Å²) in [6.07, 6.45) is 3.74. The van der Waals surface area contributed by atoms with Crippen molar-refractivity contribution >= 4 is 57.9 Å². The van der Waals surface area contributed by atoms with Crippen molar-refractivity contribution in [1.29, 1.82) is 0 Å². The maximum atomic E-state index is 14.7. The van der Waals surface area contributed by atoms with Gasteiger partial charge in [-0.3, -0.25) is 9.36 Å². The number of halogens is 5. The molecule has 13 heteroatoms. The van der Waals surface area contributed by atoms with E-state index >= 15 is 0 Å². The molecule has 8 nitrogen and oxygen atoms in total. The monoisotopic (exact) mass is 541 g/mol. The van der Waals surface area contributed by atoms with Gasteiger partial charge in [-0.25, -0.2) is 23.1 Å². The number of nitrogens with two attached hydrogens (primary N) is 1. The second-order valence-corrected chi connectivity index (χ2v) is 10.3. The first-order valence-electron chi connectivity index (χ1n) is 11.7. The van der Waals surface area contributed by atoms with Gasteiger partial charge in [-0.2, -0.15) is 4.98 Å². The summed E-state index contributed by atoms with van der Waals surface area (Å²) in [5.41, 5.74) is 6.38. The van der Waals surface area contributed by atoms with Gasteiger partial charge in [0.15, 0.2) is 5.65 Å². The molecule has 0 aliphatic heterocycles. The first kappa shape index (κ1) is 24.9. The van der Waals surface area contributed by atoms with E-state index in [-0.39, 0.29) is 58.3 Å². The standard InChI is InChI=1S/C23H24Cl2F3N7O/c24-12-7-15(25)18(16(26)8-12)33-22-32-17-10-30-21(31-13-5-6-23(27,28)9-13)34-20(17)35(22)14-3-1-11(2-4-14)19(29)36/h7-8,10-11,13-14H,1-6,9H2,(H2,29,36)(H,32,33)(H,30,31,34)/t11-,13-,14+/m1/s1. The molecule has 0 radical (unpaired) electrons. The van der Waals surface area contributed by atoms with Gasteiger partial charge >= 0.3 is 0 Å². The van der Waals surface area contributed by atoms with Crippen LogP contribution in [0.4, 0.5) is 30.8 Å². The Labute approximate surface area is 214 Å². The maximum absolute atomic E-state index is 14.7. The smallest absolute Gasteiger partial charge is 0.250 e. The number of hydrogen-bond donors (Lipinski definition) is 3. The molecule has 36 heavy (non-hydrogen) atoms. The SMILES string of the molecule is NC(=O)[C@H]1CC[C@@H](n2c(Nc3c(F)cc(Cl)cc3Cl)nc3cnc(N[C@@H]4CCC(F)(F)C4)nc32)CC1. The van der Waals surface area contributed by atoms with Gasteiger partial charge in [0, 0.05) is 35.9 Å². The Morgan fingerprint density at radius 3 is 2.53 bits per heavy atom. The minimum absolute atomic E-state index is 0.00272. The van der Waals surface area contributed by atoms with E-state index in [0.717, 1.165) is 6.07 Å². The number of amides is 1. The average molecular weight is 542 g/mol. The summed E-state index contributed by atoms with van der Waals surface area (Å²) in [5, 5.41) is 6.20. The summed E-state index contributed by atoms with van der Waals surface area (Å²) in [5.74, 6) is -3.42. The lowest BCUT2D eigenvalue weighted by atomic mass is 9.85. The van der Waals surface area contributed by atoms with Crippen LogP contribution in [0.25, 0.3) is 11.2 Å². The van der Waals surface area contributed by atoms with Crippen LogP contribution < -0.4 is 16.4 Å². The van der Waals surface area contributed by atoms with Crippen molar-refractivity contribution in [3.05, 3.63) is 34.2 Å². The van der Waals surface area contributed by atoms with E-state index in [1.54, 1.807) is 0 Å². The zero-order valence-corrected chi connectivity index (χ0v) is 20.6.